The summed E-state index contributed by atoms with van der Waals surface area (Å²) in [5.41, 5.74) is 4.35. The molecule has 0 aliphatic heterocycles. The molecule has 0 saturated heterocycles. The number of hydrogen-bond donors (Lipinski definition) is 2. The van der Waals surface area contributed by atoms with Crippen LogP contribution < -0.4 is 10.6 Å². The number of aryl methyl sites for hydroxylation is 2. The Morgan fingerprint density at radius 2 is 1.68 bits per heavy atom. The molecule has 0 spiro atoms. The highest BCUT2D eigenvalue weighted by atomic mass is 19.4. The second kappa shape index (κ2) is 11.5. The number of alkyl halides is 3. The number of nitrogens with one attached hydrogen (secondary N) is 2. The van der Waals surface area contributed by atoms with Gasteiger partial charge in [-0.1, -0.05) is 19.4 Å². The molecule has 10 heteroatoms. The first kappa shape index (κ1) is 27.9. The average Bonchev–Trinajstić information content (AvgIpc) is 3.80. The number of amides is 2. The van der Waals surface area contributed by atoms with Gasteiger partial charge in [0.15, 0.2) is 0 Å². The van der Waals surface area contributed by atoms with Crippen molar-refractivity contribution in [3.8, 4) is 22.3 Å². The fourth-order valence-corrected chi connectivity index (χ4v) is 4.51. The zero-order chi connectivity index (χ0) is 29.1. The summed E-state index contributed by atoms with van der Waals surface area (Å²) in [5.74, 6) is -0.159. The van der Waals surface area contributed by atoms with Gasteiger partial charge in [-0.25, -0.2) is 4.98 Å². The van der Waals surface area contributed by atoms with Gasteiger partial charge in [-0.15, -0.1) is 0 Å². The van der Waals surface area contributed by atoms with Gasteiger partial charge >= 0.3 is 6.18 Å². The molecule has 4 aromatic rings. The number of hydrogen-bond acceptors (Lipinski definition) is 5. The van der Waals surface area contributed by atoms with E-state index in [-0.39, 0.29) is 17.4 Å². The van der Waals surface area contributed by atoms with Crippen LogP contribution in [0.1, 0.15) is 53.5 Å². The molecule has 41 heavy (non-hydrogen) atoms. The number of halogens is 3. The summed E-state index contributed by atoms with van der Waals surface area (Å²) < 4.78 is 39.2. The summed E-state index contributed by atoms with van der Waals surface area (Å²) in [6.07, 6.45) is 3.18. The number of anilines is 2. The molecular formula is C31H28F3N5O2. The lowest BCUT2D eigenvalue weighted by Gasteiger charge is -2.15. The number of aromatic nitrogens is 3. The number of carbonyl (C=O) groups excluding carboxylic acids is 2. The number of nitrogens with zero attached hydrogens (tertiary/aromatic N) is 3. The quantitative estimate of drug-likeness (QED) is 0.240. The molecule has 1 fully saturated rings. The molecule has 1 saturated carbocycles. The van der Waals surface area contributed by atoms with E-state index in [0.717, 1.165) is 71.5 Å². The fourth-order valence-electron chi connectivity index (χ4n) is 4.51. The van der Waals surface area contributed by atoms with Crippen molar-refractivity contribution < 1.29 is 22.8 Å². The molecule has 0 atom stereocenters. The summed E-state index contributed by atoms with van der Waals surface area (Å²) in [6.45, 7) is 4.00. The van der Waals surface area contributed by atoms with Crippen LogP contribution in [0.4, 0.5) is 24.7 Å². The van der Waals surface area contributed by atoms with Crippen LogP contribution in [-0.4, -0.2) is 26.8 Å². The lowest BCUT2D eigenvalue weighted by Crippen LogP contribution is -2.15. The molecule has 210 valence electrons. The molecule has 1 aliphatic rings. The highest BCUT2D eigenvalue weighted by Crippen LogP contribution is 2.34. The maximum absolute atomic E-state index is 13.1. The van der Waals surface area contributed by atoms with E-state index in [4.69, 9.17) is 4.98 Å². The van der Waals surface area contributed by atoms with E-state index in [1.165, 1.54) is 6.07 Å². The molecule has 0 unspecified atom stereocenters. The van der Waals surface area contributed by atoms with Crippen LogP contribution in [0.2, 0.25) is 0 Å². The predicted octanol–water partition coefficient (Wildman–Crippen LogP) is 7.09. The molecule has 5 rings (SSSR count). The van der Waals surface area contributed by atoms with Crippen LogP contribution in [0, 0.1) is 12.8 Å². The van der Waals surface area contributed by atoms with E-state index < -0.39 is 17.8 Å². The van der Waals surface area contributed by atoms with Crippen LogP contribution in [-0.2, 0) is 17.4 Å². The second-order valence-corrected chi connectivity index (χ2v) is 10.1. The Bertz CT molecular complexity index is 1620. The van der Waals surface area contributed by atoms with E-state index in [9.17, 15) is 22.8 Å². The minimum absolute atomic E-state index is 0.0220. The molecule has 0 radical (unpaired) electrons. The minimum Gasteiger partial charge on any atom is -0.322 e. The van der Waals surface area contributed by atoms with Crippen molar-refractivity contribution in [2.45, 2.75) is 45.7 Å². The van der Waals surface area contributed by atoms with Gasteiger partial charge in [0.25, 0.3) is 5.91 Å². The summed E-state index contributed by atoms with van der Waals surface area (Å²) in [6, 6.07) is 13.0. The van der Waals surface area contributed by atoms with Gasteiger partial charge < -0.3 is 10.6 Å². The van der Waals surface area contributed by atoms with Crippen molar-refractivity contribution in [3.63, 3.8) is 0 Å². The van der Waals surface area contributed by atoms with Gasteiger partial charge in [0.05, 0.1) is 0 Å². The van der Waals surface area contributed by atoms with Crippen molar-refractivity contribution in [3.05, 3.63) is 89.6 Å². The zero-order valence-electron chi connectivity index (χ0n) is 22.5. The Morgan fingerprint density at radius 3 is 2.41 bits per heavy atom. The smallest absolute Gasteiger partial charge is 0.322 e. The number of benzene rings is 1. The molecule has 7 nitrogen and oxygen atoms in total. The molecule has 2 N–H and O–H groups in total. The van der Waals surface area contributed by atoms with E-state index in [1.807, 2.05) is 31.2 Å². The number of rotatable bonds is 8. The SMILES string of the molecule is CCCc1ncc(-c2cc(NC(=O)c3ccnc(C(F)(F)F)c3)ccc2C)cc1-c1ccnc(NC(=O)C2CC2)c1. The first-order chi connectivity index (χ1) is 19.6. The van der Waals surface area contributed by atoms with Crippen molar-refractivity contribution in [1.29, 1.82) is 0 Å². The average molecular weight is 560 g/mol. The van der Waals surface area contributed by atoms with Crippen molar-refractivity contribution in [2.24, 2.45) is 5.92 Å². The summed E-state index contributed by atoms with van der Waals surface area (Å²) in [4.78, 5) is 37.4. The number of carbonyl (C=O) groups is 2. The zero-order valence-corrected chi connectivity index (χ0v) is 22.5. The summed E-state index contributed by atoms with van der Waals surface area (Å²) >= 11 is 0. The monoisotopic (exact) mass is 559 g/mol. The van der Waals surface area contributed by atoms with Gasteiger partial charge in [-0.2, -0.15) is 13.2 Å². The maximum Gasteiger partial charge on any atom is 0.433 e. The lowest BCUT2D eigenvalue weighted by atomic mass is 9.95. The highest BCUT2D eigenvalue weighted by molar-refractivity contribution is 6.04. The van der Waals surface area contributed by atoms with E-state index in [1.54, 1.807) is 24.5 Å². The van der Waals surface area contributed by atoms with Crippen molar-refractivity contribution in [2.75, 3.05) is 10.6 Å². The lowest BCUT2D eigenvalue weighted by molar-refractivity contribution is -0.141. The maximum atomic E-state index is 13.1. The Balaban J connectivity index is 1.45. The van der Waals surface area contributed by atoms with E-state index >= 15 is 0 Å². The van der Waals surface area contributed by atoms with Gasteiger partial charge in [0.1, 0.15) is 11.5 Å². The molecule has 0 bridgehead atoms. The first-order valence-electron chi connectivity index (χ1n) is 13.3. The fraction of sp³-hybridized carbons (Fsp3) is 0.258. The molecular weight excluding hydrogens is 531 g/mol. The highest BCUT2D eigenvalue weighted by Gasteiger charge is 2.33. The third kappa shape index (κ3) is 6.59. The van der Waals surface area contributed by atoms with Gasteiger partial charge in [-0.05, 0) is 85.3 Å². The standard InChI is InChI=1S/C31H28F3N5O2/c1-3-4-26-25(20-9-12-36-28(15-20)39-29(40)19-6-7-19)13-22(17-37-26)24-16-23(8-5-18(24)2)38-30(41)21-10-11-35-27(14-21)31(32,33)34/h5,8-17,19H,3-4,6-7H2,1-2H3,(H,38,41)(H,36,39,40). The summed E-state index contributed by atoms with van der Waals surface area (Å²) in [5, 5.41) is 5.58. The van der Waals surface area contributed by atoms with Crippen LogP contribution in [0.25, 0.3) is 22.3 Å². The molecule has 2 amide bonds. The first-order valence-corrected chi connectivity index (χ1v) is 13.3. The third-order valence-electron chi connectivity index (χ3n) is 6.85. The molecule has 1 aromatic carbocycles. The normalized spacial score (nSPS) is 13.1. The van der Waals surface area contributed by atoms with Crippen LogP contribution in [0.5, 0.6) is 0 Å². The Hall–Kier alpha value is -4.60. The van der Waals surface area contributed by atoms with Crippen LogP contribution in [0.3, 0.4) is 0 Å². The van der Waals surface area contributed by atoms with Gasteiger partial charge in [-0.3, -0.25) is 19.6 Å². The third-order valence-corrected chi connectivity index (χ3v) is 6.85. The van der Waals surface area contributed by atoms with Gasteiger partial charge in [0.2, 0.25) is 5.91 Å². The molecule has 3 aromatic heterocycles. The summed E-state index contributed by atoms with van der Waals surface area (Å²) in [7, 11) is 0. The van der Waals surface area contributed by atoms with Crippen molar-refractivity contribution >= 4 is 23.3 Å². The van der Waals surface area contributed by atoms with Crippen LogP contribution in [0.15, 0.2) is 67.1 Å². The molecule has 3 heterocycles. The topological polar surface area (TPSA) is 96.9 Å². The second-order valence-electron chi connectivity index (χ2n) is 10.1. The Kier molecular flexibility index (Phi) is 7.83. The van der Waals surface area contributed by atoms with Crippen molar-refractivity contribution in [1.82, 2.24) is 15.0 Å². The largest absolute Gasteiger partial charge is 0.433 e. The van der Waals surface area contributed by atoms with E-state index in [0.29, 0.717) is 11.5 Å². The minimum atomic E-state index is -4.65. The predicted molar refractivity (Wildman–Crippen MR) is 150 cm³/mol. The van der Waals surface area contributed by atoms with Crippen LogP contribution >= 0.6 is 0 Å². The van der Waals surface area contributed by atoms with E-state index in [2.05, 4.69) is 27.5 Å². The molecule has 1 aliphatic carbocycles. The number of pyridine rings is 3. The van der Waals surface area contributed by atoms with Gasteiger partial charge in [0, 0.05) is 52.6 Å². The Morgan fingerprint density at radius 1 is 0.902 bits per heavy atom. The Labute approximate surface area is 235 Å².